The fourth-order valence-electron chi connectivity index (χ4n) is 0.934. The summed E-state index contributed by atoms with van der Waals surface area (Å²) in [5, 5.41) is 2.62. The summed E-state index contributed by atoms with van der Waals surface area (Å²) in [6.07, 6.45) is 3.10. The maximum Gasteiger partial charge on any atom is 0.272 e. The van der Waals surface area contributed by atoms with E-state index in [1.54, 1.807) is 6.20 Å². The lowest BCUT2D eigenvalue weighted by atomic mass is 10.3. The average molecular weight is 172 g/mol. The number of carbonyl (C=O) groups excluding carboxylic acids is 1. The Morgan fingerprint density at radius 3 is 2.82 bits per heavy atom. The minimum atomic E-state index is -0.122. The second-order valence-corrected chi connectivity index (χ2v) is 2.03. The lowest BCUT2D eigenvalue weighted by molar-refractivity contribution is 0.0961. The van der Waals surface area contributed by atoms with Crippen LogP contribution in [-0.4, -0.2) is 15.9 Å². The lowest BCUT2D eigenvalue weighted by Gasteiger charge is -1.88. The maximum absolute atomic E-state index is 10.9. The van der Waals surface area contributed by atoms with Crippen LogP contribution in [0.4, 0.5) is 0 Å². The van der Waals surface area contributed by atoms with Gasteiger partial charge in [-0.05, 0) is 0 Å². The van der Waals surface area contributed by atoms with E-state index in [2.05, 4.69) is 15.3 Å². The summed E-state index contributed by atoms with van der Waals surface area (Å²) < 4.78 is 0. The number of nitrogens with zero attached hydrogens (tertiary/aromatic N) is 2. The van der Waals surface area contributed by atoms with Crippen LogP contribution in [0, 0.1) is 0 Å². The number of nitrogens with one attached hydrogen (secondary N) is 1. The Balaban J connectivity index is 0.000000605. The van der Waals surface area contributed by atoms with Crippen molar-refractivity contribution in [2.75, 3.05) is 0 Å². The zero-order chi connectivity index (χ0) is 6.97. The Hall–Kier alpha value is -1.16. The molecule has 1 aromatic rings. The van der Waals surface area contributed by atoms with E-state index < -0.39 is 0 Å². The van der Waals surface area contributed by atoms with E-state index in [-0.39, 0.29) is 18.3 Å². The minimum Gasteiger partial charge on any atom is -0.345 e. The van der Waals surface area contributed by atoms with Gasteiger partial charge in [0.2, 0.25) is 0 Å². The molecule has 1 aromatic heterocycles. The topological polar surface area (TPSA) is 54.9 Å². The number of amides is 1. The first-order valence-electron chi connectivity index (χ1n) is 2.96. The Morgan fingerprint density at radius 2 is 2.09 bits per heavy atom. The third-order valence-corrected chi connectivity index (χ3v) is 1.41. The molecule has 58 valence electrons. The van der Waals surface area contributed by atoms with E-state index in [0.717, 1.165) is 5.69 Å². The number of carbonyl (C=O) groups is 1. The van der Waals surface area contributed by atoms with E-state index in [4.69, 9.17) is 0 Å². The normalized spacial score (nSPS) is 13.3. The summed E-state index contributed by atoms with van der Waals surface area (Å²) in [7, 11) is 0. The second-order valence-electron chi connectivity index (χ2n) is 2.03. The van der Waals surface area contributed by atoms with Gasteiger partial charge in [0, 0.05) is 12.4 Å². The number of rotatable bonds is 0. The van der Waals surface area contributed by atoms with Crippen LogP contribution in [0.15, 0.2) is 12.4 Å². The van der Waals surface area contributed by atoms with Crippen LogP contribution in [0.5, 0.6) is 0 Å². The molecule has 2 heterocycles. The standard InChI is InChI=1S/C6H5N3O.ClH/c10-6-5-4(3-9-6)7-1-2-8-5;/h1-2H,3H2,(H,9,10);1H. The van der Waals surface area contributed by atoms with Crippen molar-refractivity contribution in [2.45, 2.75) is 6.54 Å². The number of aromatic nitrogens is 2. The summed E-state index contributed by atoms with van der Waals surface area (Å²) in [6, 6.07) is 0. The van der Waals surface area contributed by atoms with Crippen LogP contribution in [0.3, 0.4) is 0 Å². The molecule has 0 unspecified atom stereocenters. The number of hydrogen-bond donors (Lipinski definition) is 1. The molecule has 0 aliphatic carbocycles. The van der Waals surface area contributed by atoms with Crippen molar-refractivity contribution < 1.29 is 4.79 Å². The summed E-state index contributed by atoms with van der Waals surface area (Å²) in [5.41, 5.74) is 1.20. The van der Waals surface area contributed by atoms with E-state index in [9.17, 15) is 4.79 Å². The average Bonchev–Trinajstić information content (AvgIpc) is 2.34. The zero-order valence-corrected chi connectivity index (χ0v) is 6.39. The van der Waals surface area contributed by atoms with Gasteiger partial charge in [0.15, 0.2) is 5.69 Å². The fraction of sp³-hybridized carbons (Fsp3) is 0.167. The Morgan fingerprint density at radius 1 is 1.36 bits per heavy atom. The third-order valence-electron chi connectivity index (χ3n) is 1.41. The highest BCUT2D eigenvalue weighted by molar-refractivity contribution is 5.95. The van der Waals surface area contributed by atoms with E-state index in [1.165, 1.54) is 6.20 Å². The SMILES string of the molecule is Cl.O=C1NCc2nccnc21. The summed E-state index contributed by atoms with van der Waals surface area (Å²) >= 11 is 0. The zero-order valence-electron chi connectivity index (χ0n) is 5.57. The van der Waals surface area contributed by atoms with Crippen molar-refractivity contribution in [3.8, 4) is 0 Å². The predicted molar refractivity (Wildman–Crippen MR) is 40.5 cm³/mol. The van der Waals surface area contributed by atoms with Crippen molar-refractivity contribution in [3.63, 3.8) is 0 Å². The van der Waals surface area contributed by atoms with Crippen LogP contribution >= 0.6 is 12.4 Å². The molecule has 0 atom stereocenters. The second kappa shape index (κ2) is 2.84. The summed E-state index contributed by atoms with van der Waals surface area (Å²) in [5.74, 6) is -0.122. The van der Waals surface area contributed by atoms with Gasteiger partial charge in [-0.2, -0.15) is 0 Å². The van der Waals surface area contributed by atoms with Gasteiger partial charge in [0.25, 0.3) is 5.91 Å². The number of halogens is 1. The van der Waals surface area contributed by atoms with E-state index in [1.807, 2.05) is 0 Å². The smallest absolute Gasteiger partial charge is 0.272 e. The van der Waals surface area contributed by atoms with Gasteiger partial charge in [-0.3, -0.25) is 9.78 Å². The monoisotopic (exact) mass is 171 g/mol. The van der Waals surface area contributed by atoms with Gasteiger partial charge in [-0.25, -0.2) is 4.98 Å². The number of hydrogen-bond acceptors (Lipinski definition) is 3. The fourth-order valence-corrected chi connectivity index (χ4v) is 0.934. The highest BCUT2D eigenvalue weighted by atomic mass is 35.5. The highest BCUT2D eigenvalue weighted by Gasteiger charge is 2.19. The summed E-state index contributed by atoms with van der Waals surface area (Å²) in [4.78, 5) is 18.7. The van der Waals surface area contributed by atoms with Crippen molar-refractivity contribution in [1.29, 1.82) is 0 Å². The first-order chi connectivity index (χ1) is 4.88. The molecule has 1 aliphatic heterocycles. The minimum absolute atomic E-state index is 0. The van der Waals surface area contributed by atoms with Crippen molar-refractivity contribution >= 4 is 18.3 Å². The largest absolute Gasteiger partial charge is 0.345 e. The molecule has 0 aromatic carbocycles. The predicted octanol–water partition coefficient (Wildman–Crippen LogP) is 0.142. The molecule has 2 rings (SSSR count). The third kappa shape index (κ3) is 1.17. The molecule has 0 radical (unpaired) electrons. The Bertz CT molecular complexity index is 289. The van der Waals surface area contributed by atoms with Crippen LogP contribution in [0.1, 0.15) is 16.2 Å². The molecule has 0 spiro atoms. The molecule has 1 aliphatic rings. The van der Waals surface area contributed by atoms with Gasteiger partial charge in [-0.1, -0.05) is 0 Å². The van der Waals surface area contributed by atoms with Crippen molar-refractivity contribution in [3.05, 3.63) is 23.8 Å². The van der Waals surface area contributed by atoms with Gasteiger partial charge in [0.1, 0.15) is 0 Å². The molecule has 1 N–H and O–H groups in total. The molecule has 11 heavy (non-hydrogen) atoms. The van der Waals surface area contributed by atoms with Gasteiger partial charge in [0.05, 0.1) is 12.2 Å². The molecule has 0 saturated carbocycles. The van der Waals surface area contributed by atoms with E-state index in [0.29, 0.717) is 12.2 Å². The van der Waals surface area contributed by atoms with Crippen molar-refractivity contribution in [2.24, 2.45) is 0 Å². The highest BCUT2D eigenvalue weighted by Crippen LogP contribution is 2.06. The maximum atomic E-state index is 10.9. The molecule has 4 nitrogen and oxygen atoms in total. The molecule has 1 amide bonds. The van der Waals surface area contributed by atoms with E-state index >= 15 is 0 Å². The van der Waals surface area contributed by atoms with Gasteiger partial charge < -0.3 is 5.32 Å². The Kier molecular flexibility index (Phi) is 2.05. The summed E-state index contributed by atoms with van der Waals surface area (Å²) in [6.45, 7) is 0.516. The van der Waals surface area contributed by atoms with Gasteiger partial charge in [-0.15, -0.1) is 12.4 Å². The molecule has 5 heteroatoms. The van der Waals surface area contributed by atoms with Crippen LogP contribution in [0.25, 0.3) is 0 Å². The Labute approximate surface area is 69.5 Å². The molecular formula is C6H6ClN3O. The van der Waals surface area contributed by atoms with Crippen molar-refractivity contribution in [1.82, 2.24) is 15.3 Å². The lowest BCUT2D eigenvalue weighted by Crippen LogP contribution is -2.13. The molecule has 0 bridgehead atoms. The molecule has 0 saturated heterocycles. The molecular weight excluding hydrogens is 166 g/mol. The van der Waals surface area contributed by atoms with Crippen LogP contribution in [-0.2, 0) is 6.54 Å². The quantitative estimate of drug-likeness (QED) is 0.604. The van der Waals surface area contributed by atoms with Gasteiger partial charge >= 0.3 is 0 Å². The van der Waals surface area contributed by atoms with Crippen LogP contribution < -0.4 is 5.32 Å². The molecule has 0 fully saturated rings. The van der Waals surface area contributed by atoms with Crippen LogP contribution in [0.2, 0.25) is 0 Å². The first-order valence-corrected chi connectivity index (χ1v) is 2.96. The first kappa shape index (κ1) is 7.94. The number of fused-ring (bicyclic) bond motifs is 1.